The molecule has 1 aromatic carbocycles. The lowest BCUT2D eigenvalue weighted by Crippen LogP contribution is -1.98. The number of hydrogen-bond donors (Lipinski definition) is 1. The van der Waals surface area contributed by atoms with Crippen molar-refractivity contribution >= 4 is 21.9 Å². The summed E-state index contributed by atoms with van der Waals surface area (Å²) in [7, 11) is 0. The zero-order chi connectivity index (χ0) is 13.8. The minimum atomic E-state index is -1.01. The maximum Gasteiger partial charge on any atom is 0.335 e. The fourth-order valence-corrected chi connectivity index (χ4v) is 1.78. The maximum absolute atomic E-state index is 10.9. The molecule has 0 saturated carbocycles. The number of carboxylic acids is 1. The van der Waals surface area contributed by atoms with Crippen molar-refractivity contribution in [3.05, 3.63) is 46.3 Å². The summed E-state index contributed by atoms with van der Waals surface area (Å²) in [4.78, 5) is 19.0. The lowest BCUT2D eigenvalue weighted by Gasteiger charge is -2.08. The molecule has 2 rings (SSSR count). The van der Waals surface area contributed by atoms with Gasteiger partial charge < -0.3 is 9.84 Å². The number of benzene rings is 1. The van der Waals surface area contributed by atoms with E-state index in [4.69, 9.17) is 9.84 Å². The predicted molar refractivity (Wildman–Crippen MR) is 72.6 cm³/mol. The van der Waals surface area contributed by atoms with E-state index < -0.39 is 5.97 Å². The van der Waals surface area contributed by atoms with E-state index in [0.717, 1.165) is 12.1 Å². The second kappa shape index (κ2) is 5.79. The van der Waals surface area contributed by atoms with E-state index in [2.05, 4.69) is 25.9 Å². The molecule has 0 saturated heterocycles. The molecule has 0 unspecified atom stereocenters. The van der Waals surface area contributed by atoms with Gasteiger partial charge in [-0.25, -0.2) is 14.8 Å². The van der Waals surface area contributed by atoms with Crippen LogP contribution in [0.15, 0.2) is 35.1 Å². The molecule has 1 aromatic heterocycles. The molecule has 0 aliphatic heterocycles. The van der Waals surface area contributed by atoms with Crippen molar-refractivity contribution in [2.45, 2.75) is 13.3 Å². The Balaban J connectivity index is 2.31. The summed E-state index contributed by atoms with van der Waals surface area (Å²) in [5, 5.41) is 8.95. The van der Waals surface area contributed by atoms with Crippen LogP contribution < -0.4 is 4.74 Å². The molecule has 98 valence electrons. The first-order chi connectivity index (χ1) is 9.10. The summed E-state index contributed by atoms with van der Waals surface area (Å²) in [6.07, 6.45) is 2.19. The molecule has 19 heavy (non-hydrogen) atoms. The van der Waals surface area contributed by atoms with Crippen LogP contribution in [0.2, 0.25) is 0 Å². The van der Waals surface area contributed by atoms with Gasteiger partial charge >= 0.3 is 5.97 Å². The Morgan fingerprint density at radius 1 is 1.37 bits per heavy atom. The Labute approximate surface area is 118 Å². The number of rotatable bonds is 4. The number of nitrogens with zero attached hydrogens (tertiary/aromatic N) is 2. The molecule has 0 fully saturated rings. The molecule has 2 aromatic rings. The van der Waals surface area contributed by atoms with Crippen LogP contribution in [-0.2, 0) is 6.42 Å². The summed E-state index contributed by atoms with van der Waals surface area (Å²) < 4.78 is 6.24. The lowest BCUT2D eigenvalue weighted by atomic mass is 10.2. The van der Waals surface area contributed by atoms with E-state index in [-0.39, 0.29) is 5.56 Å². The highest BCUT2D eigenvalue weighted by Gasteiger charge is 2.09. The molecule has 0 atom stereocenters. The smallest absolute Gasteiger partial charge is 0.335 e. The molecular formula is C13H11BrN2O3. The van der Waals surface area contributed by atoms with E-state index in [1.165, 1.54) is 18.5 Å². The van der Waals surface area contributed by atoms with Crippen LogP contribution in [0.3, 0.4) is 0 Å². The topological polar surface area (TPSA) is 72.3 Å². The van der Waals surface area contributed by atoms with E-state index in [1.54, 1.807) is 12.1 Å². The fraction of sp³-hybridized carbons (Fsp3) is 0.154. The van der Waals surface area contributed by atoms with Gasteiger partial charge in [-0.05, 0) is 40.5 Å². The summed E-state index contributed by atoms with van der Waals surface area (Å²) in [5.41, 5.74) is 1.01. The van der Waals surface area contributed by atoms with Crippen molar-refractivity contribution in [3.63, 3.8) is 0 Å². The number of hydrogen-bond acceptors (Lipinski definition) is 4. The molecule has 0 amide bonds. The number of halogens is 1. The quantitative estimate of drug-likeness (QED) is 0.935. The zero-order valence-corrected chi connectivity index (χ0v) is 11.7. The number of carbonyl (C=O) groups is 1. The zero-order valence-electron chi connectivity index (χ0n) is 10.1. The van der Waals surface area contributed by atoms with Crippen molar-refractivity contribution in [2.24, 2.45) is 0 Å². The summed E-state index contributed by atoms with van der Waals surface area (Å²) in [6.45, 7) is 1.98. The highest BCUT2D eigenvalue weighted by Crippen LogP contribution is 2.29. The molecule has 5 nitrogen and oxygen atoms in total. The van der Waals surface area contributed by atoms with Crippen molar-refractivity contribution in [2.75, 3.05) is 0 Å². The second-order valence-electron chi connectivity index (χ2n) is 3.75. The first-order valence-electron chi connectivity index (χ1n) is 5.61. The Kier molecular flexibility index (Phi) is 4.11. The van der Waals surface area contributed by atoms with Gasteiger partial charge in [0.1, 0.15) is 12.1 Å². The number of aryl methyl sites for hydroxylation is 1. The van der Waals surface area contributed by atoms with Gasteiger partial charge in [0.05, 0.1) is 10.0 Å². The highest BCUT2D eigenvalue weighted by molar-refractivity contribution is 9.10. The molecule has 1 heterocycles. The Bertz CT molecular complexity index is 617. The first kappa shape index (κ1) is 13.5. The van der Waals surface area contributed by atoms with Gasteiger partial charge in [0.25, 0.3) is 0 Å². The van der Waals surface area contributed by atoms with Crippen molar-refractivity contribution in [3.8, 4) is 11.6 Å². The van der Waals surface area contributed by atoms with E-state index in [9.17, 15) is 4.79 Å². The monoisotopic (exact) mass is 322 g/mol. The van der Waals surface area contributed by atoms with Gasteiger partial charge in [-0.1, -0.05) is 6.92 Å². The normalized spacial score (nSPS) is 10.2. The van der Waals surface area contributed by atoms with Gasteiger partial charge in [0.2, 0.25) is 5.88 Å². The summed E-state index contributed by atoms with van der Waals surface area (Å²) in [5.74, 6) is -0.218. The van der Waals surface area contributed by atoms with Crippen molar-refractivity contribution < 1.29 is 14.6 Å². The van der Waals surface area contributed by atoms with Crippen LogP contribution in [0, 0.1) is 0 Å². The molecule has 0 bridgehead atoms. The molecule has 0 aliphatic rings. The van der Waals surface area contributed by atoms with Gasteiger partial charge in [-0.2, -0.15) is 0 Å². The molecule has 1 N–H and O–H groups in total. The van der Waals surface area contributed by atoms with Gasteiger partial charge in [0.15, 0.2) is 0 Å². The number of ether oxygens (including phenoxy) is 1. The van der Waals surface area contributed by atoms with Crippen LogP contribution >= 0.6 is 15.9 Å². The predicted octanol–water partition coefficient (Wildman–Crippen LogP) is 3.29. The van der Waals surface area contributed by atoms with E-state index in [1.807, 2.05) is 6.92 Å². The van der Waals surface area contributed by atoms with Crippen LogP contribution in [0.4, 0.5) is 0 Å². The van der Waals surface area contributed by atoms with Gasteiger partial charge in [-0.3, -0.25) is 0 Å². The van der Waals surface area contributed by atoms with E-state index in [0.29, 0.717) is 16.1 Å². The molecule has 0 aliphatic carbocycles. The lowest BCUT2D eigenvalue weighted by molar-refractivity contribution is 0.0696. The SMILES string of the molecule is CCc1cc(Oc2cc(C(=O)O)ccc2Br)ncn1. The molecular weight excluding hydrogens is 312 g/mol. The molecule has 0 radical (unpaired) electrons. The summed E-state index contributed by atoms with van der Waals surface area (Å²) >= 11 is 3.31. The van der Waals surface area contributed by atoms with Gasteiger partial charge in [-0.15, -0.1) is 0 Å². The van der Waals surface area contributed by atoms with Crippen LogP contribution in [0.25, 0.3) is 0 Å². The maximum atomic E-state index is 10.9. The van der Waals surface area contributed by atoms with E-state index >= 15 is 0 Å². The minimum Gasteiger partial charge on any atom is -0.478 e. The summed E-state index contributed by atoms with van der Waals surface area (Å²) in [6, 6.07) is 6.29. The average molecular weight is 323 g/mol. The number of carboxylic acid groups (broad SMARTS) is 1. The Hall–Kier alpha value is -1.95. The average Bonchev–Trinajstić information content (AvgIpc) is 2.41. The number of aromatic carboxylic acids is 1. The highest BCUT2D eigenvalue weighted by atomic mass is 79.9. The standard InChI is InChI=1S/C13H11BrN2O3/c1-2-9-6-12(16-7-15-9)19-11-5-8(13(17)18)3-4-10(11)14/h3-7H,2H2,1H3,(H,17,18). The van der Waals surface area contributed by atoms with Crippen molar-refractivity contribution in [1.29, 1.82) is 0 Å². The third-order valence-electron chi connectivity index (χ3n) is 2.45. The Morgan fingerprint density at radius 3 is 2.84 bits per heavy atom. The number of aromatic nitrogens is 2. The first-order valence-corrected chi connectivity index (χ1v) is 6.41. The van der Waals surface area contributed by atoms with Gasteiger partial charge in [0, 0.05) is 11.8 Å². The second-order valence-corrected chi connectivity index (χ2v) is 4.61. The Morgan fingerprint density at radius 2 is 2.16 bits per heavy atom. The fourth-order valence-electron chi connectivity index (χ4n) is 1.45. The van der Waals surface area contributed by atoms with Crippen LogP contribution in [-0.4, -0.2) is 21.0 Å². The molecule has 0 spiro atoms. The third kappa shape index (κ3) is 3.29. The third-order valence-corrected chi connectivity index (χ3v) is 3.11. The largest absolute Gasteiger partial charge is 0.478 e. The van der Waals surface area contributed by atoms with Crippen LogP contribution in [0.5, 0.6) is 11.6 Å². The van der Waals surface area contributed by atoms with Crippen molar-refractivity contribution in [1.82, 2.24) is 9.97 Å². The minimum absolute atomic E-state index is 0.156. The molecule has 6 heteroatoms. The van der Waals surface area contributed by atoms with Crippen LogP contribution in [0.1, 0.15) is 23.0 Å².